The molecule has 0 aliphatic carbocycles. The van der Waals surface area contributed by atoms with E-state index in [2.05, 4.69) is 11.8 Å². The van der Waals surface area contributed by atoms with Crippen LogP contribution in [-0.4, -0.2) is 11.7 Å². The molecule has 13 heavy (non-hydrogen) atoms. The first-order valence-corrected chi connectivity index (χ1v) is 3.88. The summed E-state index contributed by atoms with van der Waals surface area (Å²) in [6, 6.07) is 7.36. The van der Waals surface area contributed by atoms with Gasteiger partial charge in [-0.25, -0.2) is 0 Å². The zero-order valence-corrected chi connectivity index (χ0v) is 7.33. The van der Waals surface area contributed by atoms with Gasteiger partial charge in [0.1, 0.15) is 6.61 Å². The molecule has 0 bridgehead atoms. The van der Waals surface area contributed by atoms with E-state index in [-0.39, 0.29) is 6.61 Å². The van der Waals surface area contributed by atoms with E-state index in [0.717, 1.165) is 11.1 Å². The minimum Gasteiger partial charge on any atom is -0.384 e. The Bertz CT molecular complexity index is 404. The molecule has 0 unspecified atom stereocenters. The third kappa shape index (κ3) is 2.33. The number of hydrogen-bond acceptors (Lipinski definition) is 2. The van der Waals surface area contributed by atoms with E-state index in [1.54, 1.807) is 12.1 Å². The first kappa shape index (κ1) is 9.32. The quantitative estimate of drug-likeness (QED) is 0.596. The Morgan fingerprint density at radius 1 is 1.46 bits per heavy atom. The number of hydrogen-bond donors (Lipinski definition) is 1. The van der Waals surface area contributed by atoms with Crippen molar-refractivity contribution in [3.8, 4) is 17.9 Å². The van der Waals surface area contributed by atoms with E-state index in [1.807, 2.05) is 19.1 Å². The number of nitrogens with zero attached hydrogens (tertiary/aromatic N) is 1. The predicted octanol–water partition coefficient (Wildman–Crippen LogP) is 1.21. The van der Waals surface area contributed by atoms with Crippen LogP contribution < -0.4 is 0 Å². The van der Waals surface area contributed by atoms with Crippen molar-refractivity contribution in [2.45, 2.75) is 6.92 Å². The second kappa shape index (κ2) is 4.30. The lowest BCUT2D eigenvalue weighted by Crippen LogP contribution is -1.84. The van der Waals surface area contributed by atoms with Gasteiger partial charge in [0.25, 0.3) is 0 Å². The van der Waals surface area contributed by atoms with Crippen LogP contribution in [0.2, 0.25) is 0 Å². The first-order valence-electron chi connectivity index (χ1n) is 3.88. The molecule has 1 aromatic rings. The Balaban J connectivity index is 3.13. The molecule has 1 aromatic carbocycles. The molecular formula is C11H9NO. The van der Waals surface area contributed by atoms with Crippen LogP contribution in [0.3, 0.4) is 0 Å². The van der Waals surface area contributed by atoms with Crippen molar-refractivity contribution in [2.75, 3.05) is 6.61 Å². The lowest BCUT2D eigenvalue weighted by molar-refractivity contribution is 0.350. The Morgan fingerprint density at radius 2 is 2.23 bits per heavy atom. The molecule has 0 spiro atoms. The van der Waals surface area contributed by atoms with Crippen LogP contribution in [0.15, 0.2) is 18.2 Å². The average Bonchev–Trinajstić information content (AvgIpc) is 2.17. The monoisotopic (exact) mass is 171 g/mol. The fraction of sp³-hybridized carbons (Fsp3) is 0.182. The average molecular weight is 171 g/mol. The second-order valence-electron chi connectivity index (χ2n) is 2.60. The molecule has 0 amide bonds. The number of nitriles is 1. The molecule has 0 fully saturated rings. The van der Waals surface area contributed by atoms with Crippen molar-refractivity contribution in [3.05, 3.63) is 34.9 Å². The molecule has 0 aliphatic rings. The summed E-state index contributed by atoms with van der Waals surface area (Å²) in [6.07, 6.45) is 0. The highest BCUT2D eigenvalue weighted by molar-refractivity contribution is 5.46. The molecule has 64 valence electrons. The third-order valence-corrected chi connectivity index (χ3v) is 1.67. The summed E-state index contributed by atoms with van der Waals surface area (Å²) in [6.45, 7) is 1.76. The maximum atomic E-state index is 8.63. The zero-order valence-electron chi connectivity index (χ0n) is 7.33. The largest absolute Gasteiger partial charge is 0.384 e. The van der Waals surface area contributed by atoms with Gasteiger partial charge in [0, 0.05) is 5.56 Å². The van der Waals surface area contributed by atoms with Crippen molar-refractivity contribution in [1.82, 2.24) is 0 Å². The van der Waals surface area contributed by atoms with Gasteiger partial charge in [-0.15, -0.1) is 0 Å². The maximum Gasteiger partial charge on any atom is 0.104 e. The number of aliphatic hydroxyl groups is 1. The lowest BCUT2D eigenvalue weighted by Gasteiger charge is -1.96. The number of rotatable bonds is 0. The van der Waals surface area contributed by atoms with Gasteiger partial charge in [-0.05, 0) is 24.6 Å². The molecular weight excluding hydrogens is 162 g/mol. The summed E-state index contributed by atoms with van der Waals surface area (Å²) < 4.78 is 0. The molecule has 1 N–H and O–H groups in total. The second-order valence-corrected chi connectivity index (χ2v) is 2.60. The molecule has 2 nitrogen and oxygen atoms in total. The van der Waals surface area contributed by atoms with Crippen molar-refractivity contribution >= 4 is 0 Å². The summed E-state index contributed by atoms with van der Waals surface area (Å²) in [5, 5.41) is 17.1. The number of aryl methyl sites for hydroxylation is 1. The van der Waals surface area contributed by atoms with Gasteiger partial charge in [-0.2, -0.15) is 5.26 Å². The van der Waals surface area contributed by atoms with E-state index < -0.39 is 0 Å². The molecule has 1 rings (SSSR count). The SMILES string of the molecule is Cc1ccc(C#N)cc1C#CCO. The number of aliphatic hydroxyl groups excluding tert-OH is 1. The van der Waals surface area contributed by atoms with Crippen LogP contribution in [-0.2, 0) is 0 Å². The standard InChI is InChI=1S/C11H9NO/c1-9-4-5-10(8-12)7-11(9)3-2-6-13/h4-5,7,13H,6H2,1H3. The highest BCUT2D eigenvalue weighted by atomic mass is 16.2. The molecule has 0 atom stereocenters. The van der Waals surface area contributed by atoms with Gasteiger partial charge >= 0.3 is 0 Å². The van der Waals surface area contributed by atoms with Crippen molar-refractivity contribution in [1.29, 1.82) is 5.26 Å². The normalized spacial score (nSPS) is 8.38. The minimum atomic E-state index is -0.157. The molecule has 0 aliphatic heterocycles. The first-order chi connectivity index (χ1) is 6.27. The summed E-state index contributed by atoms with van der Waals surface area (Å²) in [4.78, 5) is 0. The van der Waals surface area contributed by atoms with Gasteiger partial charge in [0.2, 0.25) is 0 Å². The van der Waals surface area contributed by atoms with Crippen molar-refractivity contribution in [3.63, 3.8) is 0 Å². The van der Waals surface area contributed by atoms with Gasteiger partial charge in [-0.3, -0.25) is 0 Å². The molecule has 0 aromatic heterocycles. The topological polar surface area (TPSA) is 44.0 Å². The molecule has 0 radical (unpaired) electrons. The van der Waals surface area contributed by atoms with Gasteiger partial charge < -0.3 is 5.11 Å². The lowest BCUT2D eigenvalue weighted by atomic mass is 10.1. The highest BCUT2D eigenvalue weighted by Gasteiger charge is 1.95. The van der Waals surface area contributed by atoms with Crippen LogP contribution in [0, 0.1) is 30.1 Å². The van der Waals surface area contributed by atoms with Crippen LogP contribution >= 0.6 is 0 Å². The summed E-state index contributed by atoms with van der Waals surface area (Å²) in [5.41, 5.74) is 2.40. The number of benzene rings is 1. The third-order valence-electron chi connectivity index (χ3n) is 1.67. The molecule has 0 saturated carbocycles. The van der Waals surface area contributed by atoms with Crippen molar-refractivity contribution in [2.24, 2.45) is 0 Å². The van der Waals surface area contributed by atoms with Gasteiger partial charge in [0.05, 0.1) is 11.6 Å². The van der Waals surface area contributed by atoms with Crippen LogP contribution in [0.5, 0.6) is 0 Å². The summed E-state index contributed by atoms with van der Waals surface area (Å²) in [5.74, 6) is 5.34. The fourth-order valence-electron chi connectivity index (χ4n) is 0.961. The van der Waals surface area contributed by atoms with Gasteiger partial charge in [0.15, 0.2) is 0 Å². The fourth-order valence-corrected chi connectivity index (χ4v) is 0.961. The van der Waals surface area contributed by atoms with E-state index in [0.29, 0.717) is 5.56 Å². The predicted molar refractivity (Wildman–Crippen MR) is 49.9 cm³/mol. The van der Waals surface area contributed by atoms with E-state index in [9.17, 15) is 0 Å². The maximum absolute atomic E-state index is 8.63. The molecule has 0 heterocycles. The Morgan fingerprint density at radius 3 is 2.85 bits per heavy atom. The minimum absolute atomic E-state index is 0.157. The van der Waals surface area contributed by atoms with E-state index in [4.69, 9.17) is 10.4 Å². The van der Waals surface area contributed by atoms with Gasteiger partial charge in [-0.1, -0.05) is 17.9 Å². The Kier molecular flexibility index (Phi) is 3.09. The van der Waals surface area contributed by atoms with Crippen molar-refractivity contribution < 1.29 is 5.11 Å². The Labute approximate surface area is 77.4 Å². The summed E-state index contributed by atoms with van der Waals surface area (Å²) in [7, 11) is 0. The molecule has 2 heteroatoms. The van der Waals surface area contributed by atoms with Crippen LogP contribution in [0.4, 0.5) is 0 Å². The van der Waals surface area contributed by atoms with Crippen LogP contribution in [0.25, 0.3) is 0 Å². The Hall–Kier alpha value is -1.77. The van der Waals surface area contributed by atoms with Crippen LogP contribution in [0.1, 0.15) is 16.7 Å². The summed E-state index contributed by atoms with van der Waals surface area (Å²) >= 11 is 0. The zero-order chi connectivity index (χ0) is 9.68. The molecule has 0 saturated heterocycles. The van der Waals surface area contributed by atoms with E-state index in [1.165, 1.54) is 0 Å². The highest BCUT2D eigenvalue weighted by Crippen LogP contribution is 2.08. The smallest absolute Gasteiger partial charge is 0.104 e. The van der Waals surface area contributed by atoms with E-state index >= 15 is 0 Å².